The van der Waals surface area contributed by atoms with E-state index in [0.29, 0.717) is 17.3 Å². The average Bonchev–Trinajstić information content (AvgIpc) is 2.66. The minimum absolute atomic E-state index is 0.00767. The van der Waals surface area contributed by atoms with Crippen LogP contribution in [0.3, 0.4) is 0 Å². The summed E-state index contributed by atoms with van der Waals surface area (Å²) in [6.45, 7) is 11.3. The number of piperidine rings is 1. The molecule has 1 aromatic heterocycles. The Labute approximate surface area is 131 Å². The van der Waals surface area contributed by atoms with E-state index in [0.717, 1.165) is 12.8 Å². The van der Waals surface area contributed by atoms with Crippen molar-refractivity contribution in [3.63, 3.8) is 0 Å². The Morgan fingerprint density at radius 2 is 2.00 bits per heavy atom. The minimum Gasteiger partial charge on any atom is -0.348 e. The van der Waals surface area contributed by atoms with E-state index >= 15 is 0 Å². The molecule has 1 amide bonds. The van der Waals surface area contributed by atoms with Gasteiger partial charge in [0.25, 0.3) is 5.91 Å². The Hall–Kier alpha value is -1.07. The molecule has 0 unspecified atom stereocenters. The van der Waals surface area contributed by atoms with Crippen molar-refractivity contribution < 1.29 is 4.79 Å². The number of nitrogens with one attached hydrogen (secondary N) is 2. The fraction of sp³-hybridized carbons (Fsp3) is 0.733. The van der Waals surface area contributed by atoms with E-state index in [1.54, 1.807) is 10.9 Å². The SMILES string of the molecule is CCn1cc(Cl)c(C(=O)NC2CC(C)(C)NC(C)(C)C2)n1. The first-order chi connectivity index (χ1) is 9.62. The number of amides is 1. The Balaban J connectivity index is 2.10. The first kappa shape index (κ1) is 16.3. The summed E-state index contributed by atoms with van der Waals surface area (Å²) in [5.41, 5.74) is 0.297. The second-order valence-corrected chi connectivity index (χ2v) is 7.56. The first-order valence-corrected chi connectivity index (χ1v) is 7.83. The van der Waals surface area contributed by atoms with Gasteiger partial charge in [-0.15, -0.1) is 0 Å². The van der Waals surface area contributed by atoms with Crippen LogP contribution >= 0.6 is 11.6 Å². The van der Waals surface area contributed by atoms with Gasteiger partial charge in [0.2, 0.25) is 0 Å². The number of aromatic nitrogens is 2. The van der Waals surface area contributed by atoms with Gasteiger partial charge in [-0.1, -0.05) is 11.6 Å². The quantitative estimate of drug-likeness (QED) is 0.902. The topological polar surface area (TPSA) is 59.0 Å². The van der Waals surface area contributed by atoms with E-state index in [9.17, 15) is 4.79 Å². The molecule has 0 bridgehead atoms. The van der Waals surface area contributed by atoms with E-state index in [1.165, 1.54) is 0 Å². The lowest BCUT2D eigenvalue weighted by atomic mass is 9.79. The molecule has 0 atom stereocenters. The zero-order chi connectivity index (χ0) is 15.8. The van der Waals surface area contributed by atoms with E-state index in [1.807, 2.05) is 6.92 Å². The third-order valence-corrected chi connectivity index (χ3v) is 4.06. The molecular weight excluding hydrogens is 288 g/mol. The maximum absolute atomic E-state index is 12.4. The first-order valence-electron chi connectivity index (χ1n) is 7.45. The Morgan fingerprint density at radius 3 is 2.48 bits per heavy atom. The normalized spacial score (nSPS) is 21.2. The highest BCUT2D eigenvalue weighted by Gasteiger charge is 2.38. The number of halogens is 1. The molecule has 0 aliphatic carbocycles. The van der Waals surface area contributed by atoms with E-state index in [-0.39, 0.29) is 23.0 Å². The molecule has 2 N–H and O–H groups in total. The van der Waals surface area contributed by atoms with Gasteiger partial charge in [0.15, 0.2) is 5.69 Å². The largest absolute Gasteiger partial charge is 0.348 e. The van der Waals surface area contributed by atoms with Gasteiger partial charge in [0.1, 0.15) is 0 Å². The van der Waals surface area contributed by atoms with Gasteiger partial charge in [-0.3, -0.25) is 9.48 Å². The van der Waals surface area contributed by atoms with Crippen LogP contribution in [0.4, 0.5) is 0 Å². The summed E-state index contributed by atoms with van der Waals surface area (Å²) in [4.78, 5) is 12.4. The third kappa shape index (κ3) is 3.98. The highest BCUT2D eigenvalue weighted by molar-refractivity contribution is 6.33. The molecule has 0 radical (unpaired) electrons. The fourth-order valence-electron chi connectivity index (χ4n) is 3.39. The van der Waals surface area contributed by atoms with Gasteiger partial charge < -0.3 is 10.6 Å². The van der Waals surface area contributed by atoms with Crippen molar-refractivity contribution >= 4 is 17.5 Å². The molecule has 21 heavy (non-hydrogen) atoms. The number of hydrogen-bond acceptors (Lipinski definition) is 3. The molecule has 1 fully saturated rings. The monoisotopic (exact) mass is 312 g/mol. The molecule has 0 saturated carbocycles. The number of aryl methyl sites for hydroxylation is 1. The molecule has 0 aromatic carbocycles. The highest BCUT2D eigenvalue weighted by Crippen LogP contribution is 2.28. The molecule has 5 nitrogen and oxygen atoms in total. The van der Waals surface area contributed by atoms with Crippen LogP contribution in [0.2, 0.25) is 5.02 Å². The molecule has 118 valence electrons. The summed E-state index contributed by atoms with van der Waals surface area (Å²) in [7, 11) is 0. The van der Waals surface area contributed by atoms with E-state index in [2.05, 4.69) is 43.4 Å². The van der Waals surface area contributed by atoms with Gasteiger partial charge in [-0.25, -0.2) is 0 Å². The lowest BCUT2D eigenvalue weighted by Crippen LogP contribution is -2.62. The second-order valence-electron chi connectivity index (χ2n) is 7.15. The summed E-state index contributed by atoms with van der Waals surface area (Å²) < 4.78 is 1.67. The van der Waals surface area contributed by atoms with Crippen molar-refractivity contribution in [2.75, 3.05) is 0 Å². The van der Waals surface area contributed by atoms with Crippen molar-refractivity contribution in [3.05, 3.63) is 16.9 Å². The van der Waals surface area contributed by atoms with E-state index < -0.39 is 0 Å². The standard InChI is InChI=1S/C15H25ClN4O/c1-6-20-9-11(16)12(18-20)13(21)17-10-7-14(2,3)19-15(4,5)8-10/h9-10,19H,6-8H2,1-5H3,(H,17,21). The lowest BCUT2D eigenvalue weighted by molar-refractivity contribution is 0.0867. The number of rotatable bonds is 3. The Bertz CT molecular complexity index is 520. The molecule has 1 saturated heterocycles. The fourth-order valence-corrected chi connectivity index (χ4v) is 3.63. The lowest BCUT2D eigenvalue weighted by Gasteiger charge is -2.46. The van der Waals surface area contributed by atoms with Crippen molar-refractivity contribution in [1.82, 2.24) is 20.4 Å². The average molecular weight is 313 g/mol. The van der Waals surface area contributed by atoms with E-state index in [4.69, 9.17) is 11.6 Å². The molecule has 0 spiro atoms. The summed E-state index contributed by atoms with van der Waals surface area (Å²) >= 11 is 6.09. The smallest absolute Gasteiger partial charge is 0.273 e. The van der Waals surface area contributed by atoms with Crippen LogP contribution in [0.25, 0.3) is 0 Å². The highest BCUT2D eigenvalue weighted by atomic mass is 35.5. The summed E-state index contributed by atoms with van der Waals surface area (Å²) in [6.07, 6.45) is 3.45. The number of hydrogen-bond donors (Lipinski definition) is 2. The number of carbonyl (C=O) groups excluding carboxylic acids is 1. The van der Waals surface area contributed by atoms with Crippen LogP contribution < -0.4 is 10.6 Å². The Morgan fingerprint density at radius 1 is 1.43 bits per heavy atom. The number of carbonyl (C=O) groups is 1. The zero-order valence-electron chi connectivity index (χ0n) is 13.5. The predicted octanol–water partition coefficient (Wildman–Crippen LogP) is 2.60. The molecular formula is C15H25ClN4O. The van der Waals surface area contributed by atoms with Gasteiger partial charge in [0.05, 0.1) is 5.02 Å². The Kier molecular flexibility index (Phi) is 4.36. The van der Waals surface area contributed by atoms with Crippen molar-refractivity contribution in [2.45, 2.75) is 71.1 Å². The van der Waals surface area contributed by atoms with Gasteiger partial charge >= 0.3 is 0 Å². The molecule has 6 heteroatoms. The van der Waals surface area contributed by atoms with Gasteiger partial charge in [-0.05, 0) is 47.5 Å². The zero-order valence-corrected chi connectivity index (χ0v) is 14.2. The predicted molar refractivity (Wildman–Crippen MR) is 84.7 cm³/mol. The van der Waals surface area contributed by atoms with Crippen LogP contribution in [0, 0.1) is 0 Å². The van der Waals surface area contributed by atoms with Crippen molar-refractivity contribution in [3.8, 4) is 0 Å². The summed E-state index contributed by atoms with van der Waals surface area (Å²) in [5, 5.41) is 11.3. The molecule has 2 heterocycles. The molecule has 1 aromatic rings. The van der Waals surface area contributed by atoms with Crippen molar-refractivity contribution in [1.29, 1.82) is 0 Å². The van der Waals surface area contributed by atoms with Crippen LogP contribution in [0.1, 0.15) is 57.9 Å². The minimum atomic E-state index is -0.189. The van der Waals surface area contributed by atoms with Crippen LogP contribution in [-0.4, -0.2) is 32.8 Å². The van der Waals surface area contributed by atoms with Gasteiger partial charge in [-0.2, -0.15) is 5.10 Å². The third-order valence-electron chi connectivity index (χ3n) is 3.78. The van der Waals surface area contributed by atoms with Crippen LogP contribution in [-0.2, 0) is 6.54 Å². The van der Waals surface area contributed by atoms with Gasteiger partial charge in [0, 0.05) is 29.9 Å². The molecule has 1 aliphatic heterocycles. The number of nitrogens with zero attached hydrogens (tertiary/aromatic N) is 2. The van der Waals surface area contributed by atoms with Crippen LogP contribution in [0.5, 0.6) is 0 Å². The van der Waals surface area contributed by atoms with Crippen molar-refractivity contribution in [2.24, 2.45) is 0 Å². The molecule has 1 aliphatic rings. The maximum Gasteiger partial charge on any atom is 0.273 e. The van der Waals surface area contributed by atoms with Crippen LogP contribution in [0.15, 0.2) is 6.20 Å². The summed E-state index contributed by atoms with van der Waals surface area (Å²) in [6, 6.07) is 0.117. The maximum atomic E-state index is 12.4. The summed E-state index contributed by atoms with van der Waals surface area (Å²) in [5.74, 6) is -0.189. The second kappa shape index (κ2) is 5.61. The molecule has 2 rings (SSSR count).